The van der Waals surface area contributed by atoms with Crippen LogP contribution in [0.3, 0.4) is 0 Å². The monoisotopic (exact) mass is 289 g/mol. The van der Waals surface area contributed by atoms with Crippen molar-refractivity contribution >= 4 is 17.6 Å². The molecule has 0 atom stereocenters. The number of rotatable bonds is 5. The Labute approximate surface area is 120 Å². The van der Waals surface area contributed by atoms with Crippen LogP contribution >= 0.6 is 11.8 Å². The Morgan fingerprint density at radius 3 is 3.05 bits per heavy atom. The Morgan fingerprint density at radius 1 is 1.55 bits per heavy atom. The number of hydrogen-bond acceptors (Lipinski definition) is 5. The number of H-pyrrole nitrogens is 1. The molecular weight excluding hydrogens is 274 g/mol. The van der Waals surface area contributed by atoms with Gasteiger partial charge in [-0.3, -0.25) is 10.2 Å². The number of nitrogens with one attached hydrogen (secondary N) is 2. The Balaban J connectivity index is 2.35. The molecule has 2 aromatic rings. The average Bonchev–Trinajstić information content (AvgIpc) is 2.38. The topological polar surface area (TPSA) is 109 Å². The van der Waals surface area contributed by atoms with E-state index in [-0.39, 0.29) is 11.4 Å². The Bertz CT molecular complexity index is 682. The van der Waals surface area contributed by atoms with Gasteiger partial charge in [0.25, 0.3) is 5.56 Å². The fraction of sp³-hybridized carbons (Fsp3) is 0.231. The lowest BCUT2D eigenvalue weighted by atomic mass is 10.2. The van der Waals surface area contributed by atoms with Gasteiger partial charge in [-0.15, -0.1) is 0 Å². The second-order valence-electron chi connectivity index (χ2n) is 4.16. The minimum atomic E-state index is -0.189. The molecule has 4 N–H and O–H groups in total. The van der Waals surface area contributed by atoms with Crippen molar-refractivity contribution < 1.29 is 0 Å². The molecule has 2 heterocycles. The summed E-state index contributed by atoms with van der Waals surface area (Å²) >= 11 is 1.20. The van der Waals surface area contributed by atoms with Gasteiger partial charge in [-0.1, -0.05) is 13.3 Å². The Kier molecular flexibility index (Phi) is 4.52. The van der Waals surface area contributed by atoms with E-state index in [9.17, 15) is 4.79 Å². The van der Waals surface area contributed by atoms with Crippen molar-refractivity contribution in [3.8, 4) is 0 Å². The molecule has 20 heavy (non-hydrogen) atoms. The fourth-order valence-electron chi connectivity index (χ4n) is 1.68. The third kappa shape index (κ3) is 3.45. The van der Waals surface area contributed by atoms with Gasteiger partial charge in [0.1, 0.15) is 10.9 Å². The summed E-state index contributed by atoms with van der Waals surface area (Å²) in [7, 11) is 0. The quantitative estimate of drug-likeness (QED) is 0.439. The molecule has 2 aromatic heterocycles. The van der Waals surface area contributed by atoms with Gasteiger partial charge in [0.15, 0.2) is 5.16 Å². The second kappa shape index (κ2) is 6.33. The molecule has 104 valence electrons. The van der Waals surface area contributed by atoms with E-state index in [2.05, 4.69) is 15.0 Å². The molecule has 0 aliphatic heterocycles. The first kappa shape index (κ1) is 14.3. The van der Waals surface area contributed by atoms with E-state index >= 15 is 0 Å². The van der Waals surface area contributed by atoms with Crippen molar-refractivity contribution in [3.63, 3.8) is 0 Å². The van der Waals surface area contributed by atoms with Crippen LogP contribution in [0.2, 0.25) is 0 Å². The van der Waals surface area contributed by atoms with Crippen molar-refractivity contribution in [1.29, 1.82) is 5.41 Å². The lowest BCUT2D eigenvalue weighted by Gasteiger charge is -2.06. The molecule has 2 rings (SSSR count). The molecular formula is C13H15N5OS. The minimum absolute atomic E-state index is 0.0624. The first-order valence-electron chi connectivity index (χ1n) is 6.17. The molecule has 0 saturated carbocycles. The lowest BCUT2D eigenvalue weighted by Crippen LogP contribution is -2.14. The number of aromatic nitrogens is 3. The second-order valence-corrected chi connectivity index (χ2v) is 5.14. The van der Waals surface area contributed by atoms with Crippen LogP contribution < -0.4 is 11.3 Å². The maximum Gasteiger partial charge on any atom is 0.251 e. The lowest BCUT2D eigenvalue weighted by molar-refractivity contribution is 0.815. The number of nitrogen functional groups attached to an aromatic ring is 1. The van der Waals surface area contributed by atoms with Gasteiger partial charge in [-0.25, -0.2) is 9.97 Å². The number of pyridine rings is 1. The van der Waals surface area contributed by atoms with Crippen LogP contribution in [0.4, 0.5) is 0 Å². The molecule has 0 amide bonds. The largest absolute Gasteiger partial charge is 0.384 e. The summed E-state index contributed by atoms with van der Waals surface area (Å²) in [6, 6.07) is 4.92. The van der Waals surface area contributed by atoms with E-state index < -0.39 is 0 Å². The van der Waals surface area contributed by atoms with Crippen molar-refractivity contribution in [2.75, 3.05) is 0 Å². The molecule has 0 aliphatic carbocycles. The van der Waals surface area contributed by atoms with Gasteiger partial charge in [-0.2, -0.15) is 0 Å². The van der Waals surface area contributed by atoms with Crippen LogP contribution in [0.25, 0.3) is 0 Å². The Morgan fingerprint density at radius 2 is 2.35 bits per heavy atom. The predicted molar refractivity (Wildman–Crippen MR) is 78.2 cm³/mol. The van der Waals surface area contributed by atoms with Crippen molar-refractivity contribution in [2.24, 2.45) is 5.73 Å². The molecule has 0 unspecified atom stereocenters. The molecule has 0 spiro atoms. The number of nitrogens with zero attached hydrogens (tertiary/aromatic N) is 2. The molecule has 0 aromatic carbocycles. The van der Waals surface area contributed by atoms with Crippen molar-refractivity contribution in [2.45, 2.75) is 29.9 Å². The summed E-state index contributed by atoms with van der Waals surface area (Å²) < 4.78 is 0. The van der Waals surface area contributed by atoms with Gasteiger partial charge >= 0.3 is 0 Å². The van der Waals surface area contributed by atoms with Gasteiger partial charge < -0.3 is 10.7 Å². The number of aromatic amines is 1. The van der Waals surface area contributed by atoms with E-state index in [1.807, 2.05) is 6.92 Å². The standard InChI is InChI=1S/C13H15N5OS/c1-2-4-8-7-10(19)18-13(17-8)20-12-9(11(14)15)5-3-6-16-12/h3,5-7H,2,4H2,1H3,(H3,14,15)(H,17,18,19). The first-order valence-corrected chi connectivity index (χ1v) is 6.99. The van der Waals surface area contributed by atoms with Crippen LogP contribution in [0.1, 0.15) is 24.6 Å². The van der Waals surface area contributed by atoms with Crippen LogP contribution in [-0.4, -0.2) is 20.8 Å². The molecule has 0 fully saturated rings. The van der Waals surface area contributed by atoms with Crippen LogP contribution in [0.15, 0.2) is 39.4 Å². The number of amidine groups is 1. The summed E-state index contributed by atoms with van der Waals surface area (Å²) in [5.74, 6) is -0.0624. The number of nitrogens with two attached hydrogens (primary N) is 1. The zero-order valence-corrected chi connectivity index (χ0v) is 11.8. The summed E-state index contributed by atoms with van der Waals surface area (Å²) in [5.41, 5.74) is 6.60. The summed E-state index contributed by atoms with van der Waals surface area (Å²) in [6.07, 6.45) is 3.28. The van der Waals surface area contributed by atoms with E-state index in [1.54, 1.807) is 18.3 Å². The smallest absolute Gasteiger partial charge is 0.251 e. The highest BCUT2D eigenvalue weighted by molar-refractivity contribution is 7.99. The van der Waals surface area contributed by atoms with E-state index in [0.717, 1.165) is 18.5 Å². The van der Waals surface area contributed by atoms with Crippen molar-refractivity contribution in [3.05, 3.63) is 46.0 Å². The number of hydrogen-bond donors (Lipinski definition) is 3. The van der Waals surface area contributed by atoms with E-state index in [0.29, 0.717) is 15.7 Å². The third-order valence-corrected chi connectivity index (χ3v) is 3.44. The van der Waals surface area contributed by atoms with Gasteiger partial charge in [-0.05, 0) is 30.3 Å². The molecule has 0 aliphatic rings. The van der Waals surface area contributed by atoms with Gasteiger partial charge in [0.2, 0.25) is 0 Å². The van der Waals surface area contributed by atoms with E-state index in [4.69, 9.17) is 11.1 Å². The molecule has 0 saturated heterocycles. The summed E-state index contributed by atoms with van der Waals surface area (Å²) in [4.78, 5) is 22.8. The van der Waals surface area contributed by atoms with E-state index in [1.165, 1.54) is 17.8 Å². The highest BCUT2D eigenvalue weighted by Crippen LogP contribution is 2.25. The molecule has 0 bridgehead atoms. The average molecular weight is 289 g/mol. The summed E-state index contributed by atoms with van der Waals surface area (Å²) in [5, 5.41) is 8.54. The minimum Gasteiger partial charge on any atom is -0.384 e. The molecule has 0 radical (unpaired) electrons. The van der Waals surface area contributed by atoms with Gasteiger partial charge in [0, 0.05) is 23.5 Å². The zero-order chi connectivity index (χ0) is 14.5. The van der Waals surface area contributed by atoms with Crippen LogP contribution in [-0.2, 0) is 6.42 Å². The first-order chi connectivity index (χ1) is 9.60. The predicted octanol–water partition coefficient (Wildman–Crippen LogP) is 1.55. The van der Waals surface area contributed by atoms with Crippen LogP contribution in [0, 0.1) is 5.41 Å². The van der Waals surface area contributed by atoms with Crippen LogP contribution in [0.5, 0.6) is 0 Å². The maximum atomic E-state index is 11.6. The van der Waals surface area contributed by atoms with Crippen molar-refractivity contribution in [1.82, 2.24) is 15.0 Å². The summed E-state index contributed by atoms with van der Waals surface area (Å²) in [6.45, 7) is 2.03. The molecule has 7 heteroatoms. The SMILES string of the molecule is CCCc1cc(=O)[nH]c(Sc2ncccc2C(=N)N)n1. The Hall–Kier alpha value is -2.15. The molecule has 6 nitrogen and oxygen atoms in total. The highest BCUT2D eigenvalue weighted by atomic mass is 32.2. The normalized spacial score (nSPS) is 10.4. The third-order valence-electron chi connectivity index (χ3n) is 2.53. The number of aryl methyl sites for hydroxylation is 1. The van der Waals surface area contributed by atoms with Gasteiger partial charge in [0.05, 0.1) is 0 Å². The maximum absolute atomic E-state index is 11.6. The highest BCUT2D eigenvalue weighted by Gasteiger charge is 2.10. The zero-order valence-electron chi connectivity index (χ0n) is 11.0. The fourth-order valence-corrected chi connectivity index (χ4v) is 2.58.